The summed E-state index contributed by atoms with van der Waals surface area (Å²) in [5.74, 6) is 1.03. The second kappa shape index (κ2) is 12.7. The van der Waals surface area contributed by atoms with Crippen LogP contribution in [0.4, 0.5) is 0 Å². The molecule has 0 fully saturated rings. The second-order valence-corrected chi connectivity index (χ2v) is 12.9. The van der Waals surface area contributed by atoms with Crippen molar-refractivity contribution < 1.29 is 0 Å². The molecule has 4 heterocycles. The summed E-state index contributed by atoms with van der Waals surface area (Å²) in [5.41, 5.74) is 5.98. The Labute approximate surface area is 263 Å². The van der Waals surface area contributed by atoms with Crippen molar-refractivity contribution in [3.63, 3.8) is 0 Å². The second-order valence-electron chi connectivity index (χ2n) is 10.8. The maximum Gasteiger partial charge on any atom is 0.209 e. The van der Waals surface area contributed by atoms with Gasteiger partial charge in [0.15, 0.2) is 0 Å². The Balaban J connectivity index is 1.43. The van der Waals surface area contributed by atoms with Crippen molar-refractivity contribution in [1.82, 2.24) is 60.0 Å². The van der Waals surface area contributed by atoms with E-state index in [4.69, 9.17) is 10.2 Å². The third kappa shape index (κ3) is 5.91. The van der Waals surface area contributed by atoms with Gasteiger partial charge < -0.3 is 0 Å². The Morgan fingerprint density at radius 1 is 0.591 bits per heavy atom. The van der Waals surface area contributed by atoms with Gasteiger partial charge in [0.05, 0.1) is 47.0 Å². The van der Waals surface area contributed by atoms with Crippen LogP contribution in [0, 0.1) is 0 Å². The van der Waals surface area contributed by atoms with Crippen molar-refractivity contribution in [1.29, 1.82) is 0 Å². The van der Waals surface area contributed by atoms with Crippen LogP contribution in [0.2, 0.25) is 0 Å². The minimum Gasteiger partial charge on any atom is -0.226 e. The van der Waals surface area contributed by atoms with Crippen LogP contribution in [0.5, 0.6) is 0 Å². The molecule has 6 aromatic rings. The van der Waals surface area contributed by atoms with Crippen LogP contribution in [-0.2, 0) is 12.8 Å². The number of hydrogen-bond donors (Lipinski definition) is 0. The normalized spacial score (nSPS) is 11.7. The lowest BCUT2D eigenvalue weighted by atomic mass is 10.1. The smallest absolute Gasteiger partial charge is 0.209 e. The molecule has 0 spiro atoms. The van der Waals surface area contributed by atoms with Crippen molar-refractivity contribution >= 4 is 21.6 Å². The molecule has 6 rings (SSSR count). The molecule has 0 saturated carbocycles. The van der Waals surface area contributed by atoms with Gasteiger partial charge in [-0.05, 0) is 108 Å². The molecule has 0 aliphatic rings. The van der Waals surface area contributed by atoms with Crippen molar-refractivity contribution in [3.8, 4) is 34.2 Å². The predicted octanol–water partition coefficient (Wildman–Crippen LogP) is 6.45. The summed E-state index contributed by atoms with van der Waals surface area (Å²) in [7, 11) is 3.10. The summed E-state index contributed by atoms with van der Waals surface area (Å²) in [6, 6.07) is 17.0. The first kappa shape index (κ1) is 29.8. The standard InChI is InChI=1S/C30H34N12S2/c1-7-21-9-13-23(14-10-21)39-29(25(17-31-39)27-33-37-41(35-27)19(3)4)43-44-30-26(28-34-38-42(36-28)20(5)6)18-32-40(30)24-15-11-22(8-2)12-16-24/h9-20H,7-8H2,1-6H3. The Morgan fingerprint density at radius 3 is 1.30 bits per heavy atom. The average molecular weight is 627 g/mol. The van der Waals surface area contributed by atoms with Crippen molar-refractivity contribution in [2.45, 2.75) is 76.5 Å². The molecule has 14 heteroatoms. The zero-order valence-electron chi connectivity index (χ0n) is 25.5. The van der Waals surface area contributed by atoms with E-state index in [0.29, 0.717) is 11.6 Å². The van der Waals surface area contributed by atoms with E-state index in [2.05, 4.69) is 93.2 Å². The van der Waals surface area contributed by atoms with E-state index in [9.17, 15) is 0 Å². The molecule has 44 heavy (non-hydrogen) atoms. The molecule has 2 aromatic carbocycles. The molecule has 4 aromatic heterocycles. The summed E-state index contributed by atoms with van der Waals surface area (Å²) in [4.78, 5) is 3.22. The summed E-state index contributed by atoms with van der Waals surface area (Å²) >= 11 is 0. The highest BCUT2D eigenvalue weighted by Crippen LogP contribution is 2.45. The van der Waals surface area contributed by atoms with Crippen LogP contribution in [0.15, 0.2) is 71.0 Å². The van der Waals surface area contributed by atoms with Gasteiger partial charge in [-0.25, -0.2) is 9.36 Å². The minimum absolute atomic E-state index is 0.0844. The fourth-order valence-electron chi connectivity index (χ4n) is 4.44. The summed E-state index contributed by atoms with van der Waals surface area (Å²) in [6.07, 6.45) is 5.53. The molecule has 0 aliphatic carbocycles. The van der Waals surface area contributed by atoms with Crippen molar-refractivity contribution in [2.75, 3.05) is 0 Å². The van der Waals surface area contributed by atoms with E-state index in [0.717, 1.165) is 45.4 Å². The monoisotopic (exact) mass is 626 g/mol. The van der Waals surface area contributed by atoms with E-state index in [1.807, 2.05) is 37.1 Å². The largest absolute Gasteiger partial charge is 0.226 e. The van der Waals surface area contributed by atoms with Crippen LogP contribution >= 0.6 is 21.6 Å². The van der Waals surface area contributed by atoms with E-state index < -0.39 is 0 Å². The Bertz CT molecular complexity index is 1710. The third-order valence-corrected chi connectivity index (χ3v) is 9.47. The summed E-state index contributed by atoms with van der Waals surface area (Å²) < 4.78 is 3.85. The quantitative estimate of drug-likeness (QED) is 0.148. The number of aromatic nitrogens is 12. The van der Waals surface area contributed by atoms with Crippen LogP contribution in [0.3, 0.4) is 0 Å². The molecule has 0 unspecified atom stereocenters. The molecule has 226 valence electrons. The van der Waals surface area contributed by atoms with Gasteiger partial charge in [0, 0.05) is 0 Å². The zero-order valence-corrected chi connectivity index (χ0v) is 27.2. The minimum atomic E-state index is 0.0844. The van der Waals surface area contributed by atoms with Crippen LogP contribution in [0.1, 0.15) is 64.8 Å². The lowest BCUT2D eigenvalue weighted by molar-refractivity contribution is 0.455. The number of aryl methyl sites for hydroxylation is 2. The predicted molar refractivity (Wildman–Crippen MR) is 172 cm³/mol. The molecule has 0 amide bonds. The van der Waals surface area contributed by atoms with Crippen LogP contribution in [0.25, 0.3) is 34.2 Å². The van der Waals surface area contributed by atoms with Gasteiger partial charge in [-0.2, -0.15) is 19.8 Å². The SMILES string of the molecule is CCc1ccc(-n2ncc(-c3nnn(C(C)C)n3)c2SSc2c(-c3nnn(C(C)C)n3)cnn2-c2ccc(CC)cc2)cc1. The lowest BCUT2D eigenvalue weighted by Crippen LogP contribution is -2.04. The fraction of sp³-hybridized carbons (Fsp3) is 0.333. The first-order valence-electron chi connectivity index (χ1n) is 14.6. The Hall–Kier alpha value is -4.30. The van der Waals surface area contributed by atoms with Gasteiger partial charge in [0.1, 0.15) is 10.1 Å². The first-order chi connectivity index (χ1) is 21.4. The highest BCUT2D eigenvalue weighted by molar-refractivity contribution is 8.76. The van der Waals surface area contributed by atoms with Gasteiger partial charge in [-0.15, -0.1) is 20.4 Å². The topological polar surface area (TPSA) is 123 Å². The highest BCUT2D eigenvalue weighted by atomic mass is 33.1. The molecular formula is C30H34N12S2. The fourth-order valence-corrected chi connectivity index (χ4v) is 6.95. The highest BCUT2D eigenvalue weighted by Gasteiger charge is 2.24. The molecule has 0 N–H and O–H groups in total. The van der Waals surface area contributed by atoms with Crippen LogP contribution in [-0.4, -0.2) is 60.0 Å². The number of tetrazole rings is 2. The van der Waals surface area contributed by atoms with Gasteiger partial charge in [-0.1, -0.05) is 38.1 Å². The van der Waals surface area contributed by atoms with Gasteiger partial charge in [0.2, 0.25) is 11.6 Å². The van der Waals surface area contributed by atoms with E-state index in [-0.39, 0.29) is 12.1 Å². The number of rotatable bonds is 11. The molecule has 0 saturated heterocycles. The van der Waals surface area contributed by atoms with E-state index in [1.54, 1.807) is 43.6 Å². The Morgan fingerprint density at radius 2 is 0.977 bits per heavy atom. The third-order valence-electron chi connectivity index (χ3n) is 7.09. The molecule has 0 radical (unpaired) electrons. The molecular weight excluding hydrogens is 593 g/mol. The summed E-state index contributed by atoms with van der Waals surface area (Å²) in [5, 5.41) is 37.9. The van der Waals surface area contributed by atoms with Crippen molar-refractivity contribution in [2.24, 2.45) is 0 Å². The number of nitrogens with zero attached hydrogens (tertiary/aromatic N) is 12. The van der Waals surface area contributed by atoms with Gasteiger partial charge in [-0.3, -0.25) is 0 Å². The van der Waals surface area contributed by atoms with E-state index >= 15 is 0 Å². The zero-order chi connectivity index (χ0) is 30.8. The maximum atomic E-state index is 4.78. The number of benzene rings is 2. The molecule has 0 atom stereocenters. The lowest BCUT2D eigenvalue weighted by Gasteiger charge is -2.11. The average Bonchev–Trinajstić information content (AvgIpc) is 3.85. The first-order valence-corrected chi connectivity index (χ1v) is 16.8. The molecule has 0 bridgehead atoms. The maximum absolute atomic E-state index is 4.78. The van der Waals surface area contributed by atoms with Gasteiger partial charge >= 0.3 is 0 Å². The van der Waals surface area contributed by atoms with E-state index in [1.165, 1.54) is 11.1 Å². The molecule has 0 aliphatic heterocycles. The number of hydrogen-bond acceptors (Lipinski definition) is 10. The molecule has 12 nitrogen and oxygen atoms in total. The Kier molecular flexibility index (Phi) is 8.62. The van der Waals surface area contributed by atoms with Crippen molar-refractivity contribution in [3.05, 3.63) is 72.1 Å². The summed E-state index contributed by atoms with van der Waals surface area (Å²) in [6.45, 7) is 12.4. The van der Waals surface area contributed by atoms with Crippen LogP contribution < -0.4 is 0 Å². The van der Waals surface area contributed by atoms with Gasteiger partial charge in [0.25, 0.3) is 0 Å².